The number of terminal acetylenes is 1. The standard InChI is InChI=1S/C15H18F3N3O.C7H14O2.C3H8.C2H2/c16-15(17,18)11-5-10-8-21(4-3-13(10)20-7-11)14(22)9-1-2-12(19)6-9;1-2-9-7-4-3-5-8-6-7;1-3-2;1-2/h5,7,9,12H,1-4,6,8,19H2;7H,2-6H2,1H3;3H2,1-2H3;1-2H/t9-,12+;7-;;/m00../s1. The van der Waals surface area contributed by atoms with E-state index in [2.05, 4.69) is 31.7 Å². The van der Waals surface area contributed by atoms with Crippen LogP contribution in [-0.4, -0.2) is 54.3 Å². The second-order valence-electron chi connectivity index (χ2n) is 9.11. The van der Waals surface area contributed by atoms with E-state index in [-0.39, 0.29) is 24.4 Å². The zero-order valence-electron chi connectivity index (χ0n) is 21.9. The summed E-state index contributed by atoms with van der Waals surface area (Å²) in [4.78, 5) is 18.0. The molecular formula is C27H42F3N3O3. The molecule has 6 nitrogen and oxygen atoms in total. The molecule has 3 atom stereocenters. The number of hydrogen-bond acceptors (Lipinski definition) is 5. The molecule has 36 heavy (non-hydrogen) atoms. The SMILES string of the molecule is C#C.CCC.CCO[C@H]1CCCOC1.N[C@@H]1CC[C@H](C(=O)N2CCc3ncc(C(F)(F)F)cc3C2)C1. The van der Waals surface area contributed by atoms with Gasteiger partial charge in [0, 0.05) is 56.6 Å². The fraction of sp³-hybridized carbons (Fsp3) is 0.704. The van der Waals surface area contributed by atoms with Crippen LogP contribution in [0.1, 0.15) is 76.1 Å². The first-order valence-electron chi connectivity index (χ1n) is 12.8. The Morgan fingerprint density at radius 2 is 1.94 bits per heavy atom. The number of rotatable bonds is 3. The van der Waals surface area contributed by atoms with Gasteiger partial charge < -0.3 is 20.1 Å². The van der Waals surface area contributed by atoms with Crippen molar-refractivity contribution in [1.82, 2.24) is 9.88 Å². The number of nitrogens with zero attached hydrogens (tertiary/aromatic N) is 2. The molecule has 1 aromatic rings. The molecule has 0 bridgehead atoms. The van der Waals surface area contributed by atoms with Crippen molar-refractivity contribution in [1.29, 1.82) is 0 Å². The lowest BCUT2D eigenvalue weighted by molar-refractivity contribution is -0.137. The zero-order chi connectivity index (χ0) is 27.1. The van der Waals surface area contributed by atoms with Crippen LogP contribution in [0.15, 0.2) is 12.3 Å². The molecule has 204 valence electrons. The van der Waals surface area contributed by atoms with Gasteiger partial charge in [0.15, 0.2) is 0 Å². The van der Waals surface area contributed by atoms with Crippen LogP contribution in [0.25, 0.3) is 0 Å². The Morgan fingerprint density at radius 1 is 1.25 bits per heavy atom. The summed E-state index contributed by atoms with van der Waals surface area (Å²) in [5, 5.41) is 0. The third-order valence-electron chi connectivity index (χ3n) is 6.02. The Labute approximate surface area is 214 Å². The maximum atomic E-state index is 12.8. The number of nitrogens with two attached hydrogens (primary N) is 1. The molecule has 1 saturated carbocycles. The summed E-state index contributed by atoms with van der Waals surface area (Å²) < 4.78 is 48.9. The van der Waals surface area contributed by atoms with Gasteiger partial charge in [-0.15, -0.1) is 12.8 Å². The minimum atomic E-state index is -4.41. The largest absolute Gasteiger partial charge is 0.417 e. The molecule has 1 amide bonds. The second kappa shape index (κ2) is 16.6. The Morgan fingerprint density at radius 3 is 2.47 bits per heavy atom. The van der Waals surface area contributed by atoms with Crippen molar-refractivity contribution in [2.45, 2.75) is 90.6 Å². The van der Waals surface area contributed by atoms with Crippen LogP contribution in [0.3, 0.4) is 0 Å². The molecule has 1 saturated heterocycles. The molecule has 1 aromatic heterocycles. The van der Waals surface area contributed by atoms with E-state index >= 15 is 0 Å². The average Bonchev–Trinajstić information content (AvgIpc) is 3.31. The Balaban J connectivity index is 0.000000385. The first-order valence-corrected chi connectivity index (χ1v) is 12.8. The zero-order valence-corrected chi connectivity index (χ0v) is 21.9. The Hall–Kier alpha value is -2.15. The fourth-order valence-corrected chi connectivity index (χ4v) is 4.35. The molecule has 4 rings (SSSR count). The summed E-state index contributed by atoms with van der Waals surface area (Å²) in [6, 6.07) is 1.17. The normalized spacial score (nSPS) is 23.0. The van der Waals surface area contributed by atoms with Gasteiger partial charge in [-0.05, 0) is 50.7 Å². The van der Waals surface area contributed by atoms with Crippen molar-refractivity contribution < 1.29 is 27.4 Å². The first-order chi connectivity index (χ1) is 17.2. The first kappa shape index (κ1) is 31.9. The molecule has 3 heterocycles. The summed E-state index contributed by atoms with van der Waals surface area (Å²) in [5.74, 6) is -0.0775. The number of aromatic nitrogens is 1. The average molecular weight is 514 g/mol. The smallest absolute Gasteiger partial charge is 0.379 e. The molecule has 0 spiro atoms. The number of hydrogen-bond donors (Lipinski definition) is 1. The van der Waals surface area contributed by atoms with Gasteiger partial charge in [-0.25, -0.2) is 0 Å². The number of carbonyl (C=O) groups excluding carboxylic acids is 1. The third kappa shape index (κ3) is 10.5. The highest BCUT2D eigenvalue weighted by Gasteiger charge is 2.35. The maximum absolute atomic E-state index is 12.8. The highest BCUT2D eigenvalue weighted by molar-refractivity contribution is 5.79. The number of amides is 1. The maximum Gasteiger partial charge on any atom is 0.417 e. The van der Waals surface area contributed by atoms with Gasteiger partial charge in [0.2, 0.25) is 5.91 Å². The molecular weight excluding hydrogens is 471 g/mol. The molecule has 1 aliphatic carbocycles. The van der Waals surface area contributed by atoms with Gasteiger partial charge in [-0.3, -0.25) is 9.78 Å². The van der Waals surface area contributed by atoms with Crippen LogP contribution >= 0.6 is 0 Å². The van der Waals surface area contributed by atoms with Gasteiger partial charge in [0.25, 0.3) is 0 Å². The van der Waals surface area contributed by atoms with Crippen molar-refractivity contribution in [2.24, 2.45) is 11.7 Å². The number of alkyl halides is 3. The third-order valence-corrected chi connectivity index (χ3v) is 6.02. The van der Waals surface area contributed by atoms with E-state index in [9.17, 15) is 18.0 Å². The van der Waals surface area contributed by atoms with E-state index in [0.29, 0.717) is 36.7 Å². The van der Waals surface area contributed by atoms with E-state index in [1.807, 2.05) is 6.92 Å². The van der Waals surface area contributed by atoms with E-state index in [1.54, 1.807) is 4.90 Å². The van der Waals surface area contributed by atoms with Crippen molar-refractivity contribution in [3.05, 3.63) is 29.1 Å². The number of pyridine rings is 1. The van der Waals surface area contributed by atoms with Crippen molar-refractivity contribution >= 4 is 5.91 Å². The number of halogens is 3. The summed E-state index contributed by atoms with van der Waals surface area (Å²) in [6.45, 7) is 9.52. The van der Waals surface area contributed by atoms with Gasteiger partial charge in [-0.2, -0.15) is 13.2 Å². The minimum absolute atomic E-state index is 0.0102. The van der Waals surface area contributed by atoms with Crippen LogP contribution < -0.4 is 5.73 Å². The molecule has 2 fully saturated rings. The quantitative estimate of drug-likeness (QED) is 0.577. The molecule has 3 aliphatic rings. The van der Waals surface area contributed by atoms with E-state index in [0.717, 1.165) is 51.3 Å². The van der Waals surface area contributed by atoms with Crippen molar-refractivity contribution in [3.63, 3.8) is 0 Å². The molecule has 0 unspecified atom stereocenters. The van der Waals surface area contributed by atoms with Crippen LogP contribution in [0.2, 0.25) is 0 Å². The summed E-state index contributed by atoms with van der Waals surface area (Å²) >= 11 is 0. The lowest BCUT2D eigenvalue weighted by Crippen LogP contribution is -2.40. The fourth-order valence-electron chi connectivity index (χ4n) is 4.35. The molecule has 2 aliphatic heterocycles. The van der Waals surface area contributed by atoms with Gasteiger partial charge >= 0.3 is 6.18 Å². The molecule has 2 N–H and O–H groups in total. The monoisotopic (exact) mass is 513 g/mol. The van der Waals surface area contributed by atoms with Crippen LogP contribution in [-0.2, 0) is 33.4 Å². The number of ether oxygens (including phenoxy) is 2. The van der Waals surface area contributed by atoms with Crippen LogP contribution in [0.4, 0.5) is 13.2 Å². The van der Waals surface area contributed by atoms with E-state index in [4.69, 9.17) is 15.2 Å². The Bertz CT molecular complexity index is 793. The van der Waals surface area contributed by atoms with Crippen molar-refractivity contribution in [2.75, 3.05) is 26.4 Å². The molecule has 9 heteroatoms. The molecule has 0 radical (unpaired) electrons. The highest BCUT2D eigenvalue weighted by Crippen LogP contribution is 2.32. The predicted molar refractivity (Wildman–Crippen MR) is 135 cm³/mol. The summed E-state index contributed by atoms with van der Waals surface area (Å²) in [7, 11) is 0. The second-order valence-corrected chi connectivity index (χ2v) is 9.11. The van der Waals surface area contributed by atoms with Crippen LogP contribution in [0.5, 0.6) is 0 Å². The number of carbonyl (C=O) groups is 1. The highest BCUT2D eigenvalue weighted by atomic mass is 19.4. The van der Waals surface area contributed by atoms with Gasteiger partial charge in [0.1, 0.15) is 0 Å². The topological polar surface area (TPSA) is 77.7 Å². The predicted octanol–water partition coefficient (Wildman–Crippen LogP) is 4.98. The van der Waals surface area contributed by atoms with Crippen LogP contribution in [0, 0.1) is 18.8 Å². The van der Waals surface area contributed by atoms with Gasteiger partial charge in [0.05, 0.1) is 18.3 Å². The minimum Gasteiger partial charge on any atom is -0.379 e. The van der Waals surface area contributed by atoms with Crippen molar-refractivity contribution in [3.8, 4) is 12.8 Å². The van der Waals surface area contributed by atoms with E-state index < -0.39 is 11.7 Å². The lowest BCUT2D eigenvalue weighted by Gasteiger charge is -2.30. The summed E-state index contributed by atoms with van der Waals surface area (Å²) in [6.07, 6.45) is 11.2. The Kier molecular flexibility index (Phi) is 14.7. The number of fused-ring (bicyclic) bond motifs is 1. The van der Waals surface area contributed by atoms with Gasteiger partial charge in [-0.1, -0.05) is 20.3 Å². The lowest BCUT2D eigenvalue weighted by atomic mass is 10.00. The van der Waals surface area contributed by atoms with E-state index in [1.165, 1.54) is 12.8 Å². The molecule has 0 aromatic carbocycles. The summed E-state index contributed by atoms with van der Waals surface area (Å²) in [5.41, 5.74) is 6.22.